The van der Waals surface area contributed by atoms with Crippen molar-refractivity contribution in [2.75, 3.05) is 18.7 Å². The van der Waals surface area contributed by atoms with E-state index in [-0.39, 0.29) is 5.91 Å². The summed E-state index contributed by atoms with van der Waals surface area (Å²) in [7, 11) is 1.50. The average molecular weight is 402 g/mol. The zero-order valence-electron chi connectivity index (χ0n) is 16.9. The highest BCUT2D eigenvalue weighted by atomic mass is 32.2. The van der Waals surface area contributed by atoms with Crippen molar-refractivity contribution in [2.24, 2.45) is 0 Å². The number of anilines is 1. The number of carbonyl (C=O) groups excluding carboxylic acids is 2. The van der Waals surface area contributed by atoms with Gasteiger partial charge in [0, 0.05) is 10.6 Å². The molecule has 5 nitrogen and oxygen atoms in total. The molecule has 150 valence electrons. The van der Waals surface area contributed by atoms with Crippen LogP contribution in [0.4, 0.5) is 5.69 Å². The molecule has 0 bridgehead atoms. The van der Waals surface area contributed by atoms with Crippen molar-refractivity contribution in [3.8, 4) is 5.75 Å². The topological polar surface area (TPSA) is 64.6 Å². The van der Waals surface area contributed by atoms with Crippen LogP contribution in [0.3, 0.4) is 0 Å². The molecule has 0 spiro atoms. The third kappa shape index (κ3) is 5.29. The number of amides is 1. The zero-order valence-corrected chi connectivity index (χ0v) is 17.8. The number of carbonyl (C=O) groups is 2. The number of para-hydroxylation sites is 1. The van der Waals surface area contributed by atoms with Crippen LogP contribution in [0.5, 0.6) is 5.75 Å². The smallest absolute Gasteiger partial charge is 0.342 e. The first-order valence-electron chi connectivity index (χ1n) is 9.24. The minimum atomic E-state index is -0.942. The van der Waals surface area contributed by atoms with E-state index < -0.39 is 12.1 Å². The van der Waals surface area contributed by atoms with Gasteiger partial charge in [-0.15, -0.1) is 11.8 Å². The zero-order chi connectivity index (χ0) is 20.7. The second kappa shape index (κ2) is 10.2. The third-order valence-corrected chi connectivity index (χ3v) is 5.37. The molecule has 0 fully saturated rings. The highest BCUT2D eigenvalue weighted by Crippen LogP contribution is 2.28. The number of ether oxygens (including phenoxy) is 2. The van der Waals surface area contributed by atoms with Gasteiger partial charge in [-0.2, -0.15) is 0 Å². The van der Waals surface area contributed by atoms with Gasteiger partial charge in [0.05, 0.1) is 7.11 Å². The second-order valence-electron chi connectivity index (χ2n) is 6.50. The Bertz CT molecular complexity index is 837. The summed E-state index contributed by atoms with van der Waals surface area (Å²) in [6.07, 6.45) is 1.96. The SMILES string of the molecule is CC[C@@H](C)c1ccccc1NC(=O)[C@H](C)OC(=O)c1ccc(SC)cc1OC. The molecule has 2 aromatic carbocycles. The molecule has 6 heteroatoms. The molecule has 1 N–H and O–H groups in total. The summed E-state index contributed by atoms with van der Waals surface area (Å²) in [5.41, 5.74) is 2.10. The predicted octanol–water partition coefficient (Wildman–Crippen LogP) is 5.11. The van der Waals surface area contributed by atoms with Gasteiger partial charge in [0.2, 0.25) is 0 Å². The number of methoxy groups -OCH3 is 1. The summed E-state index contributed by atoms with van der Waals surface area (Å²) in [6, 6.07) is 12.9. The summed E-state index contributed by atoms with van der Waals surface area (Å²) in [6.45, 7) is 5.77. The van der Waals surface area contributed by atoms with E-state index in [0.29, 0.717) is 17.2 Å². The summed E-state index contributed by atoms with van der Waals surface area (Å²) in [5.74, 6) is -0.230. The number of hydrogen-bond acceptors (Lipinski definition) is 5. The van der Waals surface area contributed by atoms with Crippen LogP contribution < -0.4 is 10.1 Å². The first-order valence-corrected chi connectivity index (χ1v) is 10.5. The van der Waals surface area contributed by atoms with Gasteiger partial charge < -0.3 is 14.8 Å². The van der Waals surface area contributed by atoms with E-state index in [0.717, 1.165) is 22.6 Å². The van der Waals surface area contributed by atoms with Gasteiger partial charge in [0.25, 0.3) is 5.91 Å². The molecular formula is C22H27NO4S. The fourth-order valence-electron chi connectivity index (χ4n) is 2.74. The lowest BCUT2D eigenvalue weighted by Crippen LogP contribution is -2.30. The molecule has 0 saturated heterocycles. The van der Waals surface area contributed by atoms with Crippen molar-refractivity contribution in [1.82, 2.24) is 0 Å². The lowest BCUT2D eigenvalue weighted by Gasteiger charge is -2.18. The molecule has 0 unspecified atom stereocenters. The third-order valence-electron chi connectivity index (χ3n) is 4.64. The van der Waals surface area contributed by atoms with Gasteiger partial charge in [-0.3, -0.25) is 4.79 Å². The minimum Gasteiger partial charge on any atom is -0.496 e. The lowest BCUT2D eigenvalue weighted by molar-refractivity contribution is -0.123. The molecule has 0 radical (unpaired) electrons. The number of esters is 1. The quantitative estimate of drug-likeness (QED) is 0.492. The maximum absolute atomic E-state index is 12.6. The molecule has 2 rings (SSSR count). The summed E-state index contributed by atoms with van der Waals surface area (Å²) in [5, 5.41) is 2.88. The number of rotatable bonds is 8. The first kappa shape index (κ1) is 21.8. The summed E-state index contributed by atoms with van der Waals surface area (Å²) in [4.78, 5) is 26.1. The van der Waals surface area contributed by atoms with Crippen molar-refractivity contribution in [3.05, 3.63) is 53.6 Å². The molecule has 0 aliphatic heterocycles. The van der Waals surface area contributed by atoms with E-state index in [4.69, 9.17) is 9.47 Å². The Labute approximate surface area is 170 Å². The summed E-state index contributed by atoms with van der Waals surface area (Å²) < 4.78 is 10.7. The van der Waals surface area contributed by atoms with Crippen LogP contribution in [0, 0.1) is 0 Å². The van der Waals surface area contributed by atoms with E-state index in [1.165, 1.54) is 7.11 Å². The van der Waals surface area contributed by atoms with Crippen LogP contribution >= 0.6 is 11.8 Å². The van der Waals surface area contributed by atoms with E-state index in [9.17, 15) is 9.59 Å². The molecule has 0 aliphatic carbocycles. The number of benzene rings is 2. The average Bonchev–Trinajstić information content (AvgIpc) is 2.72. The summed E-state index contributed by atoms with van der Waals surface area (Å²) >= 11 is 1.55. The van der Waals surface area contributed by atoms with Gasteiger partial charge in [-0.25, -0.2) is 4.79 Å². The first-order chi connectivity index (χ1) is 13.4. The van der Waals surface area contributed by atoms with Crippen LogP contribution in [0.1, 0.15) is 49.0 Å². The van der Waals surface area contributed by atoms with Crippen molar-refractivity contribution in [2.45, 2.75) is 44.1 Å². The highest BCUT2D eigenvalue weighted by molar-refractivity contribution is 7.98. The lowest BCUT2D eigenvalue weighted by atomic mass is 9.97. The van der Waals surface area contributed by atoms with Crippen LogP contribution in [0.2, 0.25) is 0 Å². The molecule has 1 amide bonds. The Morgan fingerprint density at radius 1 is 1.14 bits per heavy atom. The largest absolute Gasteiger partial charge is 0.496 e. The fourth-order valence-corrected chi connectivity index (χ4v) is 3.17. The minimum absolute atomic E-state index is 0.292. The standard InChI is InChI=1S/C22H27NO4S/c1-6-14(2)17-9-7-8-10-19(17)23-21(24)15(3)27-22(25)18-12-11-16(28-5)13-20(18)26-4/h7-15H,6H2,1-5H3,(H,23,24)/t14-,15+/m1/s1. The molecule has 0 saturated carbocycles. The normalized spacial score (nSPS) is 12.8. The number of nitrogens with one attached hydrogen (secondary N) is 1. The Hall–Kier alpha value is -2.47. The van der Waals surface area contributed by atoms with E-state index in [1.54, 1.807) is 30.8 Å². The van der Waals surface area contributed by atoms with Crippen LogP contribution in [0.25, 0.3) is 0 Å². The predicted molar refractivity (Wildman–Crippen MR) is 113 cm³/mol. The maximum Gasteiger partial charge on any atom is 0.342 e. The van der Waals surface area contributed by atoms with Gasteiger partial charge in [0.15, 0.2) is 6.10 Å². The Balaban J connectivity index is 2.10. The van der Waals surface area contributed by atoms with Crippen LogP contribution in [-0.4, -0.2) is 31.3 Å². The Morgan fingerprint density at radius 3 is 2.50 bits per heavy atom. The molecule has 0 heterocycles. The number of thioether (sulfide) groups is 1. The monoisotopic (exact) mass is 401 g/mol. The molecular weight excluding hydrogens is 374 g/mol. The number of hydrogen-bond donors (Lipinski definition) is 1. The Kier molecular flexibility index (Phi) is 7.93. The van der Waals surface area contributed by atoms with E-state index in [1.807, 2.05) is 36.6 Å². The molecule has 0 aliphatic rings. The Morgan fingerprint density at radius 2 is 1.86 bits per heavy atom. The molecule has 28 heavy (non-hydrogen) atoms. The van der Waals surface area contributed by atoms with Gasteiger partial charge in [0.1, 0.15) is 11.3 Å². The highest BCUT2D eigenvalue weighted by Gasteiger charge is 2.22. The van der Waals surface area contributed by atoms with Crippen molar-refractivity contribution in [1.29, 1.82) is 0 Å². The molecule has 0 aromatic heterocycles. The van der Waals surface area contributed by atoms with Gasteiger partial charge in [-0.05, 0) is 55.3 Å². The van der Waals surface area contributed by atoms with Crippen LogP contribution in [-0.2, 0) is 9.53 Å². The van der Waals surface area contributed by atoms with Gasteiger partial charge in [-0.1, -0.05) is 32.0 Å². The maximum atomic E-state index is 12.6. The van der Waals surface area contributed by atoms with E-state index >= 15 is 0 Å². The van der Waals surface area contributed by atoms with E-state index in [2.05, 4.69) is 19.2 Å². The van der Waals surface area contributed by atoms with Crippen molar-refractivity contribution < 1.29 is 19.1 Å². The second-order valence-corrected chi connectivity index (χ2v) is 7.38. The van der Waals surface area contributed by atoms with Gasteiger partial charge >= 0.3 is 5.97 Å². The fraction of sp³-hybridized carbons (Fsp3) is 0.364. The van der Waals surface area contributed by atoms with Crippen molar-refractivity contribution >= 4 is 29.3 Å². The molecule has 2 aromatic rings. The van der Waals surface area contributed by atoms with Crippen LogP contribution in [0.15, 0.2) is 47.4 Å². The van der Waals surface area contributed by atoms with Crippen molar-refractivity contribution in [3.63, 3.8) is 0 Å². The molecule has 2 atom stereocenters.